The number of nitrogens with one attached hydrogen (secondary N) is 2. The largest absolute Gasteiger partial charge is 0.381 e. The van der Waals surface area contributed by atoms with E-state index in [4.69, 9.17) is 0 Å². The maximum Gasteiger partial charge on any atom is 0.0389 e. The Morgan fingerprint density at radius 1 is 0.947 bits per heavy atom. The molecule has 0 amide bonds. The van der Waals surface area contributed by atoms with Crippen LogP contribution in [0.1, 0.15) is 17.5 Å². The van der Waals surface area contributed by atoms with E-state index in [1.807, 2.05) is 0 Å². The van der Waals surface area contributed by atoms with E-state index in [9.17, 15) is 0 Å². The molecular formula is C17H20N2. The van der Waals surface area contributed by atoms with Crippen LogP contribution in [0.3, 0.4) is 0 Å². The summed E-state index contributed by atoms with van der Waals surface area (Å²) in [5.41, 5.74) is 4.07. The van der Waals surface area contributed by atoms with Crippen molar-refractivity contribution in [3.05, 3.63) is 65.7 Å². The molecule has 19 heavy (non-hydrogen) atoms. The van der Waals surface area contributed by atoms with Crippen LogP contribution in [0.15, 0.2) is 54.6 Å². The van der Waals surface area contributed by atoms with Gasteiger partial charge in [-0.15, -0.1) is 0 Å². The molecule has 0 fully saturated rings. The van der Waals surface area contributed by atoms with Crippen LogP contribution >= 0.6 is 0 Å². The molecule has 0 radical (unpaired) electrons. The molecule has 1 heterocycles. The van der Waals surface area contributed by atoms with Gasteiger partial charge in [0.05, 0.1) is 0 Å². The van der Waals surface area contributed by atoms with E-state index in [0.29, 0.717) is 6.04 Å². The summed E-state index contributed by atoms with van der Waals surface area (Å²) in [6, 6.07) is 19.8. The predicted octanol–water partition coefficient (Wildman–Crippen LogP) is 3.20. The zero-order valence-electron chi connectivity index (χ0n) is 11.1. The molecule has 1 aliphatic heterocycles. The van der Waals surface area contributed by atoms with Crippen molar-refractivity contribution in [2.75, 3.05) is 11.9 Å². The zero-order chi connectivity index (χ0) is 12.9. The summed E-state index contributed by atoms with van der Waals surface area (Å²) in [6.07, 6.45) is 2.29. The fraction of sp³-hybridized carbons (Fsp3) is 0.294. The fourth-order valence-corrected chi connectivity index (χ4v) is 2.63. The Balaban J connectivity index is 1.63. The summed E-state index contributed by atoms with van der Waals surface area (Å²) < 4.78 is 0. The molecule has 0 aromatic heterocycles. The third kappa shape index (κ3) is 3.15. The Labute approximate surface area is 114 Å². The van der Waals surface area contributed by atoms with Crippen molar-refractivity contribution in [2.45, 2.75) is 25.4 Å². The Morgan fingerprint density at radius 3 is 2.63 bits per heavy atom. The Morgan fingerprint density at radius 2 is 1.74 bits per heavy atom. The third-order valence-electron chi connectivity index (χ3n) is 3.71. The number of aryl methyl sites for hydroxylation is 1. The highest BCUT2D eigenvalue weighted by Crippen LogP contribution is 2.19. The second-order valence-electron chi connectivity index (χ2n) is 5.15. The van der Waals surface area contributed by atoms with Crippen molar-refractivity contribution < 1.29 is 0 Å². The van der Waals surface area contributed by atoms with Gasteiger partial charge >= 0.3 is 0 Å². The minimum absolute atomic E-state index is 0.504. The highest BCUT2D eigenvalue weighted by molar-refractivity contribution is 5.52. The minimum atomic E-state index is 0.504. The molecule has 1 atom stereocenters. The van der Waals surface area contributed by atoms with E-state index in [1.165, 1.54) is 16.8 Å². The van der Waals surface area contributed by atoms with Gasteiger partial charge in [0.15, 0.2) is 0 Å². The van der Waals surface area contributed by atoms with E-state index in [-0.39, 0.29) is 0 Å². The quantitative estimate of drug-likeness (QED) is 0.876. The summed E-state index contributed by atoms with van der Waals surface area (Å²) in [5.74, 6) is 0. The summed E-state index contributed by atoms with van der Waals surface area (Å²) in [6.45, 7) is 1.99. The van der Waals surface area contributed by atoms with Gasteiger partial charge in [0.2, 0.25) is 0 Å². The van der Waals surface area contributed by atoms with Crippen LogP contribution < -0.4 is 10.6 Å². The van der Waals surface area contributed by atoms with Gasteiger partial charge in [0.25, 0.3) is 0 Å². The summed E-state index contributed by atoms with van der Waals surface area (Å²) in [5, 5.41) is 7.19. The number of benzene rings is 2. The molecule has 2 nitrogen and oxygen atoms in total. The summed E-state index contributed by atoms with van der Waals surface area (Å²) in [7, 11) is 0. The molecule has 98 valence electrons. The van der Waals surface area contributed by atoms with Crippen molar-refractivity contribution in [2.24, 2.45) is 0 Å². The standard InChI is InChI=1S/C17H20N2/c1-2-6-14(7-3-1)10-11-16-13-18-12-15-8-4-5-9-17(15)19-16/h1-9,16,18-19H,10-13H2/t16-/m0/s1. The van der Waals surface area contributed by atoms with Crippen LogP contribution in [0.2, 0.25) is 0 Å². The molecule has 0 saturated carbocycles. The molecule has 0 aliphatic carbocycles. The number of rotatable bonds is 3. The molecule has 0 bridgehead atoms. The molecule has 0 saturated heterocycles. The molecule has 0 spiro atoms. The lowest BCUT2D eigenvalue weighted by molar-refractivity contribution is 0.585. The number of anilines is 1. The normalized spacial score (nSPS) is 18.2. The molecular weight excluding hydrogens is 232 g/mol. The topological polar surface area (TPSA) is 24.1 Å². The van der Waals surface area contributed by atoms with E-state index >= 15 is 0 Å². The van der Waals surface area contributed by atoms with Gasteiger partial charge in [-0.2, -0.15) is 0 Å². The predicted molar refractivity (Wildman–Crippen MR) is 80.3 cm³/mol. The maximum atomic E-state index is 3.67. The summed E-state index contributed by atoms with van der Waals surface area (Å²) in [4.78, 5) is 0. The van der Waals surface area contributed by atoms with Crippen molar-refractivity contribution in [3.8, 4) is 0 Å². The van der Waals surface area contributed by atoms with Crippen molar-refractivity contribution in [3.63, 3.8) is 0 Å². The lowest BCUT2D eigenvalue weighted by Gasteiger charge is -2.17. The lowest BCUT2D eigenvalue weighted by Crippen LogP contribution is -2.30. The number of hydrogen-bond acceptors (Lipinski definition) is 2. The van der Waals surface area contributed by atoms with Gasteiger partial charge in [0, 0.05) is 24.8 Å². The molecule has 2 aromatic carbocycles. The number of fused-ring (bicyclic) bond motifs is 1. The second kappa shape index (κ2) is 5.89. The lowest BCUT2D eigenvalue weighted by atomic mass is 10.1. The second-order valence-corrected chi connectivity index (χ2v) is 5.15. The zero-order valence-corrected chi connectivity index (χ0v) is 11.1. The van der Waals surface area contributed by atoms with E-state index in [2.05, 4.69) is 65.2 Å². The maximum absolute atomic E-state index is 3.67. The SMILES string of the molecule is c1ccc(CC[C@H]2CNCc3ccccc3N2)cc1. The van der Waals surface area contributed by atoms with Crippen LogP contribution in [0.4, 0.5) is 5.69 Å². The monoisotopic (exact) mass is 252 g/mol. The van der Waals surface area contributed by atoms with E-state index in [0.717, 1.165) is 25.9 Å². The Bertz CT molecular complexity index is 522. The first kappa shape index (κ1) is 12.2. The minimum Gasteiger partial charge on any atom is -0.381 e. The van der Waals surface area contributed by atoms with Gasteiger partial charge in [-0.3, -0.25) is 0 Å². The molecule has 2 heteroatoms. The van der Waals surface area contributed by atoms with Gasteiger partial charge in [-0.05, 0) is 30.0 Å². The fourth-order valence-electron chi connectivity index (χ4n) is 2.63. The molecule has 3 rings (SSSR count). The highest BCUT2D eigenvalue weighted by Gasteiger charge is 2.14. The first-order valence-corrected chi connectivity index (χ1v) is 7.01. The Kier molecular flexibility index (Phi) is 3.80. The van der Waals surface area contributed by atoms with Gasteiger partial charge < -0.3 is 10.6 Å². The Hall–Kier alpha value is -1.80. The van der Waals surface area contributed by atoms with Crippen LogP contribution in [0, 0.1) is 0 Å². The van der Waals surface area contributed by atoms with Crippen molar-refractivity contribution in [1.82, 2.24) is 5.32 Å². The van der Waals surface area contributed by atoms with Gasteiger partial charge in [-0.1, -0.05) is 48.5 Å². The van der Waals surface area contributed by atoms with Gasteiger partial charge in [-0.25, -0.2) is 0 Å². The van der Waals surface area contributed by atoms with Crippen LogP contribution in [-0.4, -0.2) is 12.6 Å². The molecule has 2 N–H and O–H groups in total. The summed E-state index contributed by atoms with van der Waals surface area (Å²) >= 11 is 0. The van der Waals surface area contributed by atoms with Crippen LogP contribution in [-0.2, 0) is 13.0 Å². The first-order valence-electron chi connectivity index (χ1n) is 7.01. The number of para-hydroxylation sites is 1. The molecule has 1 aliphatic rings. The number of hydrogen-bond donors (Lipinski definition) is 2. The average molecular weight is 252 g/mol. The van der Waals surface area contributed by atoms with Crippen molar-refractivity contribution >= 4 is 5.69 Å². The van der Waals surface area contributed by atoms with Crippen LogP contribution in [0.5, 0.6) is 0 Å². The van der Waals surface area contributed by atoms with Crippen molar-refractivity contribution in [1.29, 1.82) is 0 Å². The van der Waals surface area contributed by atoms with E-state index < -0.39 is 0 Å². The molecule has 0 unspecified atom stereocenters. The smallest absolute Gasteiger partial charge is 0.0389 e. The average Bonchev–Trinajstić information content (AvgIpc) is 2.68. The van der Waals surface area contributed by atoms with E-state index in [1.54, 1.807) is 0 Å². The molecule has 2 aromatic rings. The highest BCUT2D eigenvalue weighted by atomic mass is 15.0. The van der Waals surface area contributed by atoms with Crippen LogP contribution in [0.25, 0.3) is 0 Å². The van der Waals surface area contributed by atoms with Gasteiger partial charge in [0.1, 0.15) is 0 Å². The first-order chi connectivity index (χ1) is 9.42. The third-order valence-corrected chi connectivity index (χ3v) is 3.71.